The van der Waals surface area contributed by atoms with Crippen molar-refractivity contribution in [2.75, 3.05) is 26.7 Å². The van der Waals surface area contributed by atoms with Gasteiger partial charge in [-0.15, -0.1) is 0 Å². The SMILES string of the molecule is COc1ccccc1C1CNCCN1Cc1nc(C(C)C)no1. The summed E-state index contributed by atoms with van der Waals surface area (Å²) >= 11 is 0. The van der Waals surface area contributed by atoms with Gasteiger partial charge in [0.25, 0.3) is 0 Å². The van der Waals surface area contributed by atoms with E-state index in [-0.39, 0.29) is 12.0 Å². The van der Waals surface area contributed by atoms with E-state index in [2.05, 4.69) is 40.3 Å². The fraction of sp³-hybridized carbons (Fsp3) is 0.529. The van der Waals surface area contributed by atoms with Crippen molar-refractivity contribution in [3.8, 4) is 5.75 Å². The summed E-state index contributed by atoms with van der Waals surface area (Å²) in [5, 5.41) is 7.52. The van der Waals surface area contributed by atoms with Crippen LogP contribution in [0.3, 0.4) is 0 Å². The van der Waals surface area contributed by atoms with Gasteiger partial charge in [-0.1, -0.05) is 37.2 Å². The number of piperazine rings is 1. The van der Waals surface area contributed by atoms with E-state index in [9.17, 15) is 0 Å². The third-order valence-corrected chi connectivity index (χ3v) is 4.19. The van der Waals surface area contributed by atoms with Crippen molar-refractivity contribution >= 4 is 0 Å². The maximum Gasteiger partial charge on any atom is 0.240 e. The molecule has 2 heterocycles. The zero-order valence-electron chi connectivity index (χ0n) is 14.0. The lowest BCUT2D eigenvalue weighted by molar-refractivity contribution is 0.133. The molecule has 0 radical (unpaired) electrons. The molecule has 1 unspecified atom stereocenters. The lowest BCUT2D eigenvalue weighted by atomic mass is 10.0. The molecule has 0 aliphatic carbocycles. The molecule has 124 valence electrons. The Bertz CT molecular complexity index is 641. The van der Waals surface area contributed by atoms with Crippen LogP contribution in [0.4, 0.5) is 0 Å². The maximum atomic E-state index is 5.53. The molecule has 1 N–H and O–H groups in total. The van der Waals surface area contributed by atoms with Crippen molar-refractivity contribution < 1.29 is 9.26 Å². The fourth-order valence-electron chi connectivity index (χ4n) is 2.92. The molecular formula is C17H24N4O2. The maximum absolute atomic E-state index is 5.53. The Hall–Kier alpha value is -1.92. The number of benzene rings is 1. The molecule has 1 aliphatic rings. The molecule has 1 atom stereocenters. The van der Waals surface area contributed by atoms with Crippen molar-refractivity contribution in [3.05, 3.63) is 41.5 Å². The quantitative estimate of drug-likeness (QED) is 0.913. The number of aromatic nitrogens is 2. The minimum atomic E-state index is 0.231. The van der Waals surface area contributed by atoms with Crippen LogP contribution in [0.2, 0.25) is 0 Å². The summed E-state index contributed by atoms with van der Waals surface area (Å²) in [6.07, 6.45) is 0. The van der Waals surface area contributed by atoms with Crippen molar-refractivity contribution in [1.29, 1.82) is 0 Å². The second kappa shape index (κ2) is 7.10. The van der Waals surface area contributed by atoms with Crippen LogP contribution >= 0.6 is 0 Å². The largest absolute Gasteiger partial charge is 0.496 e. The monoisotopic (exact) mass is 316 g/mol. The van der Waals surface area contributed by atoms with Gasteiger partial charge in [-0.05, 0) is 6.07 Å². The number of ether oxygens (including phenoxy) is 1. The Morgan fingerprint density at radius 1 is 1.39 bits per heavy atom. The van der Waals surface area contributed by atoms with Crippen LogP contribution in [0.15, 0.2) is 28.8 Å². The predicted molar refractivity (Wildman–Crippen MR) is 87.4 cm³/mol. The van der Waals surface area contributed by atoms with E-state index in [1.807, 2.05) is 18.2 Å². The number of nitrogens with one attached hydrogen (secondary N) is 1. The third-order valence-electron chi connectivity index (χ3n) is 4.19. The second-order valence-electron chi connectivity index (χ2n) is 6.13. The number of rotatable bonds is 5. The Morgan fingerprint density at radius 2 is 2.22 bits per heavy atom. The first-order valence-electron chi connectivity index (χ1n) is 8.09. The molecule has 1 aromatic heterocycles. The topological polar surface area (TPSA) is 63.4 Å². The first kappa shape index (κ1) is 16.0. The number of para-hydroxylation sites is 1. The van der Waals surface area contributed by atoms with Gasteiger partial charge in [-0.2, -0.15) is 4.98 Å². The molecule has 3 rings (SSSR count). The van der Waals surface area contributed by atoms with Gasteiger partial charge in [0.05, 0.1) is 19.7 Å². The summed E-state index contributed by atoms with van der Waals surface area (Å²) in [6, 6.07) is 8.40. The molecular weight excluding hydrogens is 292 g/mol. The first-order chi connectivity index (χ1) is 11.2. The Balaban J connectivity index is 1.81. The molecule has 23 heavy (non-hydrogen) atoms. The molecule has 6 nitrogen and oxygen atoms in total. The van der Waals surface area contributed by atoms with Gasteiger partial charge in [0.1, 0.15) is 5.75 Å². The molecule has 1 saturated heterocycles. The van der Waals surface area contributed by atoms with E-state index in [1.165, 1.54) is 5.56 Å². The van der Waals surface area contributed by atoms with Crippen LogP contribution in [0, 0.1) is 0 Å². The van der Waals surface area contributed by atoms with Crippen molar-refractivity contribution in [1.82, 2.24) is 20.4 Å². The predicted octanol–water partition coefficient (Wildman–Crippen LogP) is 2.35. The highest BCUT2D eigenvalue weighted by atomic mass is 16.5. The van der Waals surface area contributed by atoms with E-state index >= 15 is 0 Å². The van der Waals surface area contributed by atoms with Gasteiger partial charge in [-0.3, -0.25) is 4.90 Å². The highest BCUT2D eigenvalue weighted by Gasteiger charge is 2.27. The molecule has 6 heteroatoms. The first-order valence-corrected chi connectivity index (χ1v) is 8.09. The number of methoxy groups -OCH3 is 1. The molecule has 1 aromatic carbocycles. The molecule has 0 amide bonds. The average molecular weight is 316 g/mol. The molecule has 2 aromatic rings. The van der Waals surface area contributed by atoms with Crippen molar-refractivity contribution in [2.24, 2.45) is 0 Å². The van der Waals surface area contributed by atoms with Crippen molar-refractivity contribution in [3.63, 3.8) is 0 Å². The summed E-state index contributed by atoms with van der Waals surface area (Å²) in [5.41, 5.74) is 1.19. The molecule has 0 bridgehead atoms. The standard InChI is InChI=1S/C17H24N4O2/c1-12(2)17-19-16(23-20-17)11-21-9-8-18-10-14(21)13-6-4-5-7-15(13)22-3/h4-7,12,14,18H,8-11H2,1-3H3. The lowest BCUT2D eigenvalue weighted by Gasteiger charge is -2.36. The molecule has 0 saturated carbocycles. The zero-order valence-corrected chi connectivity index (χ0v) is 14.0. The average Bonchev–Trinajstić information content (AvgIpc) is 3.04. The Kier molecular flexibility index (Phi) is 4.93. The molecule has 1 fully saturated rings. The fourth-order valence-corrected chi connectivity index (χ4v) is 2.92. The highest BCUT2D eigenvalue weighted by Crippen LogP contribution is 2.31. The van der Waals surface area contributed by atoms with Crippen LogP contribution in [-0.4, -0.2) is 41.8 Å². The molecule has 1 aliphatic heterocycles. The van der Waals surface area contributed by atoms with Crippen LogP contribution in [-0.2, 0) is 6.54 Å². The van der Waals surface area contributed by atoms with Crippen molar-refractivity contribution in [2.45, 2.75) is 32.4 Å². The second-order valence-corrected chi connectivity index (χ2v) is 6.13. The van der Waals surface area contributed by atoms with Gasteiger partial charge >= 0.3 is 0 Å². The van der Waals surface area contributed by atoms with Gasteiger partial charge in [0, 0.05) is 31.1 Å². The lowest BCUT2D eigenvalue weighted by Crippen LogP contribution is -2.45. The molecule has 0 spiro atoms. The Labute approximate surface area is 136 Å². The van der Waals surface area contributed by atoms with Gasteiger partial charge in [0.2, 0.25) is 5.89 Å². The highest BCUT2D eigenvalue weighted by molar-refractivity contribution is 5.36. The normalized spacial score (nSPS) is 19.2. The van der Waals surface area contributed by atoms with E-state index < -0.39 is 0 Å². The van der Waals surface area contributed by atoms with Crippen LogP contribution in [0.25, 0.3) is 0 Å². The van der Waals surface area contributed by atoms with E-state index in [0.717, 1.165) is 31.2 Å². The van der Waals surface area contributed by atoms with Gasteiger partial charge in [-0.25, -0.2) is 0 Å². The zero-order chi connectivity index (χ0) is 16.2. The van der Waals surface area contributed by atoms with Gasteiger partial charge in [0.15, 0.2) is 5.82 Å². The van der Waals surface area contributed by atoms with Crippen LogP contribution in [0.1, 0.15) is 43.1 Å². The summed E-state index contributed by atoms with van der Waals surface area (Å²) in [5.74, 6) is 2.64. The summed E-state index contributed by atoms with van der Waals surface area (Å²) in [7, 11) is 1.71. The van der Waals surface area contributed by atoms with Crippen LogP contribution in [0.5, 0.6) is 5.75 Å². The van der Waals surface area contributed by atoms with E-state index in [1.54, 1.807) is 7.11 Å². The number of nitrogens with zero attached hydrogens (tertiary/aromatic N) is 3. The summed E-state index contributed by atoms with van der Waals surface area (Å²) in [6.45, 7) is 7.56. The summed E-state index contributed by atoms with van der Waals surface area (Å²) in [4.78, 5) is 6.87. The summed E-state index contributed by atoms with van der Waals surface area (Å²) < 4.78 is 10.9. The number of hydrogen-bond acceptors (Lipinski definition) is 6. The minimum Gasteiger partial charge on any atom is -0.496 e. The van der Waals surface area contributed by atoms with E-state index in [0.29, 0.717) is 12.4 Å². The van der Waals surface area contributed by atoms with Gasteiger partial charge < -0.3 is 14.6 Å². The Morgan fingerprint density at radius 3 is 2.96 bits per heavy atom. The van der Waals surface area contributed by atoms with Crippen LogP contribution < -0.4 is 10.1 Å². The van der Waals surface area contributed by atoms with E-state index in [4.69, 9.17) is 9.26 Å². The smallest absolute Gasteiger partial charge is 0.240 e. The minimum absolute atomic E-state index is 0.231. The third kappa shape index (κ3) is 3.54. The number of hydrogen-bond donors (Lipinski definition) is 1.